The van der Waals surface area contributed by atoms with Gasteiger partial charge in [-0.15, -0.1) is 0 Å². The fraction of sp³-hybridized carbons (Fsp3) is 0.273. The molecule has 0 saturated heterocycles. The van der Waals surface area contributed by atoms with E-state index in [4.69, 9.17) is 10.00 Å². The second kappa shape index (κ2) is 4.01. The molecule has 1 heterocycles. The van der Waals surface area contributed by atoms with Crippen molar-refractivity contribution < 1.29 is 9.53 Å². The van der Waals surface area contributed by atoms with Crippen molar-refractivity contribution in [1.82, 2.24) is 5.32 Å². The van der Waals surface area contributed by atoms with Gasteiger partial charge in [0, 0.05) is 11.3 Å². The number of hydrogen-bond acceptors (Lipinski definition) is 3. The molecule has 0 aromatic heterocycles. The molecule has 15 heavy (non-hydrogen) atoms. The van der Waals surface area contributed by atoms with Gasteiger partial charge in [-0.05, 0) is 24.5 Å². The molecule has 0 unspecified atom stereocenters. The molecule has 0 bridgehead atoms. The van der Waals surface area contributed by atoms with Crippen LogP contribution in [-0.4, -0.2) is 5.91 Å². The van der Waals surface area contributed by atoms with Crippen LogP contribution in [0.2, 0.25) is 0 Å². The molecule has 0 aromatic carbocycles. The average Bonchev–Trinajstić information content (AvgIpc) is 2.62. The van der Waals surface area contributed by atoms with Crippen molar-refractivity contribution in [1.29, 1.82) is 5.26 Å². The first-order valence-corrected chi connectivity index (χ1v) is 4.72. The fourth-order valence-corrected chi connectivity index (χ4v) is 1.70. The minimum absolute atomic E-state index is 0.101. The van der Waals surface area contributed by atoms with Gasteiger partial charge >= 0.3 is 0 Å². The minimum Gasteiger partial charge on any atom is -0.472 e. The Morgan fingerprint density at radius 3 is 3.27 bits per heavy atom. The van der Waals surface area contributed by atoms with Crippen molar-refractivity contribution in [2.75, 3.05) is 0 Å². The number of ether oxygens (including phenoxy) is 1. The number of nitrogens with zero attached hydrogens (tertiary/aromatic N) is 1. The van der Waals surface area contributed by atoms with E-state index >= 15 is 0 Å². The molecule has 0 atom stereocenters. The topological polar surface area (TPSA) is 62.1 Å². The van der Waals surface area contributed by atoms with Gasteiger partial charge in [0.1, 0.15) is 6.42 Å². The summed E-state index contributed by atoms with van der Waals surface area (Å²) in [5.41, 5.74) is 3.01. The Balaban J connectivity index is 2.13. The molecular formula is C11H10N2O2. The van der Waals surface area contributed by atoms with E-state index in [0.29, 0.717) is 0 Å². The summed E-state index contributed by atoms with van der Waals surface area (Å²) in [5.74, 6) is -0.249. The third-order valence-electron chi connectivity index (χ3n) is 2.37. The van der Waals surface area contributed by atoms with E-state index < -0.39 is 0 Å². The number of carbonyl (C=O) groups is 1. The molecule has 0 spiro atoms. The summed E-state index contributed by atoms with van der Waals surface area (Å²) in [6.45, 7) is 0. The van der Waals surface area contributed by atoms with Gasteiger partial charge in [0.05, 0.1) is 18.6 Å². The highest BCUT2D eigenvalue weighted by Gasteiger charge is 2.21. The van der Waals surface area contributed by atoms with Gasteiger partial charge in [-0.25, -0.2) is 0 Å². The van der Waals surface area contributed by atoms with Crippen LogP contribution in [0.15, 0.2) is 35.4 Å². The molecule has 4 heteroatoms. The molecule has 0 aromatic rings. The molecule has 1 aliphatic carbocycles. The lowest BCUT2D eigenvalue weighted by atomic mass is 10.1. The van der Waals surface area contributed by atoms with E-state index in [-0.39, 0.29) is 12.3 Å². The van der Waals surface area contributed by atoms with Gasteiger partial charge in [0.25, 0.3) is 0 Å². The highest BCUT2D eigenvalue weighted by Crippen LogP contribution is 2.32. The third-order valence-corrected chi connectivity index (χ3v) is 2.37. The smallest absolute Gasteiger partial charge is 0.238 e. The van der Waals surface area contributed by atoms with Gasteiger partial charge in [-0.3, -0.25) is 4.79 Å². The number of allylic oxidation sites excluding steroid dienone is 4. The second-order valence-electron chi connectivity index (χ2n) is 3.36. The lowest BCUT2D eigenvalue weighted by Gasteiger charge is -2.08. The van der Waals surface area contributed by atoms with Gasteiger partial charge in [0.15, 0.2) is 0 Å². The number of carbonyl (C=O) groups excluding carboxylic acids is 1. The van der Waals surface area contributed by atoms with Gasteiger partial charge in [-0.2, -0.15) is 5.26 Å². The molecule has 1 amide bonds. The summed E-state index contributed by atoms with van der Waals surface area (Å²) in [5, 5.41) is 11.1. The Morgan fingerprint density at radius 1 is 1.60 bits per heavy atom. The van der Waals surface area contributed by atoms with Crippen LogP contribution in [0.1, 0.15) is 19.3 Å². The first kappa shape index (κ1) is 9.53. The quantitative estimate of drug-likeness (QED) is 0.737. The maximum Gasteiger partial charge on any atom is 0.238 e. The molecular weight excluding hydrogens is 192 g/mol. The van der Waals surface area contributed by atoms with Crippen molar-refractivity contribution in [2.24, 2.45) is 0 Å². The highest BCUT2D eigenvalue weighted by atomic mass is 16.5. The summed E-state index contributed by atoms with van der Waals surface area (Å²) in [6.07, 6.45) is 6.69. The summed E-state index contributed by atoms with van der Waals surface area (Å²) in [7, 11) is 0. The SMILES string of the molecule is N#CCC(=O)NC1=C2C=COC=C2CC1. The fourth-order valence-electron chi connectivity index (χ4n) is 1.70. The molecule has 76 valence electrons. The van der Waals surface area contributed by atoms with E-state index in [2.05, 4.69) is 5.32 Å². The number of nitriles is 1. The van der Waals surface area contributed by atoms with Crippen molar-refractivity contribution in [2.45, 2.75) is 19.3 Å². The molecule has 2 rings (SSSR count). The predicted octanol–water partition coefficient (Wildman–Crippen LogP) is 1.49. The van der Waals surface area contributed by atoms with Crippen molar-refractivity contribution in [3.63, 3.8) is 0 Å². The Labute approximate surface area is 87.5 Å². The maximum absolute atomic E-state index is 11.2. The molecule has 1 N–H and O–H groups in total. The highest BCUT2D eigenvalue weighted by molar-refractivity contribution is 5.80. The van der Waals surface area contributed by atoms with Crippen LogP contribution in [0.25, 0.3) is 0 Å². The summed E-state index contributed by atoms with van der Waals surface area (Å²) >= 11 is 0. The van der Waals surface area contributed by atoms with Crippen LogP contribution < -0.4 is 5.32 Å². The zero-order chi connectivity index (χ0) is 10.7. The molecule has 2 aliphatic rings. The number of fused-ring (bicyclic) bond motifs is 1. The van der Waals surface area contributed by atoms with E-state index in [0.717, 1.165) is 29.7 Å². The van der Waals surface area contributed by atoms with E-state index in [1.807, 2.05) is 12.1 Å². The van der Waals surface area contributed by atoms with Crippen molar-refractivity contribution in [3.05, 3.63) is 35.4 Å². The van der Waals surface area contributed by atoms with Crippen molar-refractivity contribution in [3.8, 4) is 6.07 Å². The monoisotopic (exact) mass is 202 g/mol. The predicted molar refractivity (Wildman–Crippen MR) is 52.9 cm³/mol. The number of amides is 1. The van der Waals surface area contributed by atoms with Crippen LogP contribution in [0.5, 0.6) is 0 Å². The lowest BCUT2D eigenvalue weighted by molar-refractivity contribution is -0.119. The summed E-state index contributed by atoms with van der Waals surface area (Å²) in [6, 6.07) is 1.82. The first-order valence-electron chi connectivity index (χ1n) is 4.72. The van der Waals surface area contributed by atoms with E-state index in [9.17, 15) is 4.79 Å². The van der Waals surface area contributed by atoms with Crippen LogP contribution in [0.3, 0.4) is 0 Å². The number of nitrogens with one attached hydrogen (secondary N) is 1. The van der Waals surface area contributed by atoms with Gasteiger partial charge in [0.2, 0.25) is 5.91 Å². The molecule has 1 aliphatic heterocycles. The lowest BCUT2D eigenvalue weighted by Crippen LogP contribution is -2.21. The van der Waals surface area contributed by atoms with Crippen LogP contribution in [0, 0.1) is 11.3 Å². The maximum atomic E-state index is 11.2. The largest absolute Gasteiger partial charge is 0.472 e. The van der Waals surface area contributed by atoms with Crippen LogP contribution in [0.4, 0.5) is 0 Å². The van der Waals surface area contributed by atoms with Crippen LogP contribution >= 0.6 is 0 Å². The minimum atomic E-state index is -0.249. The number of hydrogen-bond donors (Lipinski definition) is 1. The molecule has 0 radical (unpaired) electrons. The Morgan fingerprint density at radius 2 is 2.47 bits per heavy atom. The zero-order valence-corrected chi connectivity index (χ0v) is 8.12. The normalized spacial score (nSPS) is 17.7. The Kier molecular flexibility index (Phi) is 2.55. The van der Waals surface area contributed by atoms with Gasteiger partial charge in [-0.1, -0.05) is 0 Å². The molecule has 4 nitrogen and oxygen atoms in total. The molecule has 0 saturated carbocycles. The zero-order valence-electron chi connectivity index (χ0n) is 8.12. The second-order valence-corrected chi connectivity index (χ2v) is 3.36. The van der Waals surface area contributed by atoms with E-state index in [1.165, 1.54) is 0 Å². The summed E-state index contributed by atoms with van der Waals surface area (Å²) in [4.78, 5) is 11.2. The van der Waals surface area contributed by atoms with Gasteiger partial charge < -0.3 is 10.1 Å². The summed E-state index contributed by atoms with van der Waals surface area (Å²) < 4.78 is 5.04. The van der Waals surface area contributed by atoms with Crippen molar-refractivity contribution >= 4 is 5.91 Å². The Bertz CT molecular complexity index is 424. The standard InChI is InChI=1S/C11H10N2O2/c12-5-3-11(14)13-10-2-1-8-7-15-6-4-9(8)10/h4,6-7H,1-3H2,(H,13,14). The third kappa shape index (κ3) is 1.91. The first-order chi connectivity index (χ1) is 7.31. The van der Waals surface area contributed by atoms with Crippen LogP contribution in [-0.2, 0) is 9.53 Å². The number of rotatable bonds is 2. The molecule has 0 fully saturated rings. The Hall–Kier alpha value is -2.02. The van der Waals surface area contributed by atoms with E-state index in [1.54, 1.807) is 12.5 Å². The average molecular weight is 202 g/mol.